The van der Waals surface area contributed by atoms with Gasteiger partial charge in [-0.3, -0.25) is 4.98 Å². The van der Waals surface area contributed by atoms with Crippen molar-refractivity contribution >= 4 is 16.6 Å². The van der Waals surface area contributed by atoms with Crippen LogP contribution in [0.2, 0.25) is 0 Å². The highest BCUT2D eigenvalue weighted by Gasteiger charge is 2.41. The molecule has 0 unspecified atom stereocenters. The Morgan fingerprint density at radius 3 is 2.67 bits per heavy atom. The fourth-order valence-electron chi connectivity index (χ4n) is 3.94. The normalized spacial score (nSPS) is 20.7. The van der Waals surface area contributed by atoms with Gasteiger partial charge in [0.25, 0.3) is 0 Å². The van der Waals surface area contributed by atoms with Gasteiger partial charge in [0.1, 0.15) is 0 Å². The lowest BCUT2D eigenvalue weighted by Crippen LogP contribution is -2.16. The van der Waals surface area contributed by atoms with Crippen LogP contribution in [0.1, 0.15) is 36.9 Å². The monoisotopic (exact) mass is 238 g/mol. The van der Waals surface area contributed by atoms with Gasteiger partial charge in [-0.15, -0.1) is 0 Å². The van der Waals surface area contributed by atoms with Crippen LogP contribution in [0.15, 0.2) is 24.3 Å². The van der Waals surface area contributed by atoms with Crippen LogP contribution < -0.4 is 5.73 Å². The zero-order chi connectivity index (χ0) is 12.2. The number of hydrogen-bond acceptors (Lipinski definition) is 2. The van der Waals surface area contributed by atoms with Gasteiger partial charge in [0.15, 0.2) is 0 Å². The number of fused-ring (bicyclic) bond motifs is 2. The van der Waals surface area contributed by atoms with Gasteiger partial charge in [0, 0.05) is 16.8 Å². The lowest BCUT2D eigenvalue weighted by atomic mass is 9.83. The number of nitrogens with zero attached hydrogens (tertiary/aromatic N) is 1. The van der Waals surface area contributed by atoms with Gasteiger partial charge in [0.2, 0.25) is 0 Å². The third kappa shape index (κ3) is 1.32. The predicted octanol–water partition coefficient (Wildman–Crippen LogP) is 3.48. The molecule has 1 saturated carbocycles. The predicted molar refractivity (Wildman–Crippen MR) is 74.5 cm³/mol. The minimum absolute atomic E-state index is 0.501. The number of hydrogen-bond donors (Lipinski definition) is 1. The van der Waals surface area contributed by atoms with Gasteiger partial charge in [-0.25, -0.2) is 0 Å². The number of pyridine rings is 1. The fourth-order valence-corrected chi connectivity index (χ4v) is 3.94. The van der Waals surface area contributed by atoms with E-state index in [-0.39, 0.29) is 0 Å². The number of para-hydroxylation sites is 1. The molecule has 2 aliphatic rings. The highest BCUT2D eigenvalue weighted by Crippen LogP contribution is 2.50. The van der Waals surface area contributed by atoms with Crippen molar-refractivity contribution < 1.29 is 0 Å². The quantitative estimate of drug-likeness (QED) is 0.763. The lowest BCUT2D eigenvalue weighted by Gasteiger charge is -2.21. The molecule has 1 fully saturated rings. The Balaban J connectivity index is 1.91. The largest absolute Gasteiger partial charge is 0.398 e. The van der Waals surface area contributed by atoms with E-state index >= 15 is 0 Å². The average molecular weight is 238 g/mol. The summed E-state index contributed by atoms with van der Waals surface area (Å²) in [5.74, 6) is 0. The standard InChI is InChI=1S/C16H18N2/c17-15-11-5-1-2-6-13(11)18-14-10-16(9-12(14)15)7-3-4-8-16/h1-2,5-6H,3-4,7-10H2,(H2,17,18). The van der Waals surface area contributed by atoms with E-state index in [0.717, 1.165) is 29.4 Å². The summed E-state index contributed by atoms with van der Waals surface area (Å²) in [6.07, 6.45) is 7.79. The van der Waals surface area contributed by atoms with Crippen LogP contribution in [0.5, 0.6) is 0 Å². The molecule has 0 atom stereocenters. The van der Waals surface area contributed by atoms with Crippen molar-refractivity contribution in [3.8, 4) is 0 Å². The number of nitrogen functional groups attached to an aromatic ring is 1. The van der Waals surface area contributed by atoms with E-state index in [1.165, 1.54) is 36.9 Å². The maximum absolute atomic E-state index is 6.38. The minimum Gasteiger partial charge on any atom is -0.398 e. The summed E-state index contributed by atoms with van der Waals surface area (Å²) in [7, 11) is 0. The number of anilines is 1. The summed E-state index contributed by atoms with van der Waals surface area (Å²) in [6, 6.07) is 8.26. The zero-order valence-electron chi connectivity index (χ0n) is 10.6. The van der Waals surface area contributed by atoms with Gasteiger partial charge in [-0.1, -0.05) is 31.0 Å². The Labute approximate surface area is 107 Å². The molecule has 92 valence electrons. The molecule has 2 nitrogen and oxygen atoms in total. The summed E-state index contributed by atoms with van der Waals surface area (Å²) >= 11 is 0. The second-order valence-corrected chi connectivity index (χ2v) is 6.03. The summed E-state index contributed by atoms with van der Waals surface area (Å²) in [5, 5.41) is 1.13. The maximum Gasteiger partial charge on any atom is 0.0726 e. The highest BCUT2D eigenvalue weighted by atomic mass is 14.8. The Kier molecular flexibility index (Phi) is 2.00. The summed E-state index contributed by atoms with van der Waals surface area (Å²) in [6.45, 7) is 0. The molecule has 0 aliphatic heterocycles. The van der Waals surface area contributed by atoms with Crippen molar-refractivity contribution in [3.63, 3.8) is 0 Å². The molecule has 1 aromatic heterocycles. The minimum atomic E-state index is 0.501. The molecule has 2 aliphatic carbocycles. The fraction of sp³-hybridized carbons (Fsp3) is 0.438. The van der Waals surface area contributed by atoms with Gasteiger partial charge >= 0.3 is 0 Å². The summed E-state index contributed by atoms with van der Waals surface area (Å²) in [4.78, 5) is 4.86. The second kappa shape index (κ2) is 3.47. The van der Waals surface area contributed by atoms with Crippen LogP contribution in [0.25, 0.3) is 10.9 Å². The first-order valence-electron chi connectivity index (χ1n) is 6.93. The molecule has 18 heavy (non-hydrogen) atoms. The third-order valence-corrected chi connectivity index (χ3v) is 4.88. The van der Waals surface area contributed by atoms with Gasteiger partial charge in [-0.2, -0.15) is 0 Å². The molecule has 1 heterocycles. The summed E-state index contributed by atoms with van der Waals surface area (Å²) in [5.41, 5.74) is 11.5. The van der Waals surface area contributed by atoms with Crippen LogP contribution in [-0.4, -0.2) is 4.98 Å². The second-order valence-electron chi connectivity index (χ2n) is 6.03. The van der Waals surface area contributed by atoms with E-state index in [0.29, 0.717) is 5.41 Å². The smallest absolute Gasteiger partial charge is 0.0726 e. The molecule has 2 aromatic rings. The topological polar surface area (TPSA) is 38.9 Å². The van der Waals surface area contributed by atoms with Crippen molar-refractivity contribution in [3.05, 3.63) is 35.5 Å². The number of aromatic nitrogens is 1. The number of benzene rings is 1. The zero-order valence-corrected chi connectivity index (χ0v) is 10.6. The third-order valence-electron chi connectivity index (χ3n) is 4.88. The molecule has 0 saturated heterocycles. The average Bonchev–Trinajstić information content (AvgIpc) is 2.97. The van der Waals surface area contributed by atoms with E-state index in [4.69, 9.17) is 10.7 Å². The molecule has 0 bridgehead atoms. The van der Waals surface area contributed by atoms with E-state index in [1.807, 2.05) is 12.1 Å². The van der Waals surface area contributed by atoms with Gasteiger partial charge < -0.3 is 5.73 Å². The molecule has 1 spiro atoms. The SMILES string of the molecule is Nc1c2c(nc3ccccc13)CC1(CCCC1)C2. The van der Waals surface area contributed by atoms with Crippen molar-refractivity contribution in [2.24, 2.45) is 5.41 Å². The van der Waals surface area contributed by atoms with Crippen molar-refractivity contribution in [1.29, 1.82) is 0 Å². The Morgan fingerprint density at radius 2 is 1.83 bits per heavy atom. The Bertz CT molecular complexity index is 624. The van der Waals surface area contributed by atoms with Crippen LogP contribution >= 0.6 is 0 Å². The van der Waals surface area contributed by atoms with E-state index in [9.17, 15) is 0 Å². The maximum atomic E-state index is 6.38. The molecule has 1 aromatic carbocycles. The van der Waals surface area contributed by atoms with Crippen LogP contribution in [0, 0.1) is 5.41 Å². The van der Waals surface area contributed by atoms with Crippen molar-refractivity contribution in [1.82, 2.24) is 4.98 Å². The summed E-state index contributed by atoms with van der Waals surface area (Å²) < 4.78 is 0. The van der Waals surface area contributed by atoms with Gasteiger partial charge in [-0.05, 0) is 42.7 Å². The number of nitrogens with two attached hydrogens (primary N) is 1. The molecule has 4 rings (SSSR count). The van der Waals surface area contributed by atoms with Crippen molar-refractivity contribution in [2.45, 2.75) is 38.5 Å². The molecule has 0 radical (unpaired) electrons. The Morgan fingerprint density at radius 1 is 1.06 bits per heavy atom. The first-order valence-corrected chi connectivity index (χ1v) is 6.93. The van der Waals surface area contributed by atoms with Crippen LogP contribution in [0.4, 0.5) is 5.69 Å². The molecule has 2 N–H and O–H groups in total. The van der Waals surface area contributed by atoms with E-state index in [1.54, 1.807) is 0 Å². The van der Waals surface area contributed by atoms with E-state index < -0.39 is 0 Å². The first-order chi connectivity index (χ1) is 8.77. The van der Waals surface area contributed by atoms with Crippen molar-refractivity contribution in [2.75, 3.05) is 5.73 Å². The molecular formula is C16H18N2. The highest BCUT2D eigenvalue weighted by molar-refractivity contribution is 5.92. The molecule has 2 heteroatoms. The van der Waals surface area contributed by atoms with Gasteiger partial charge in [0.05, 0.1) is 5.52 Å². The Hall–Kier alpha value is -1.57. The first kappa shape index (κ1) is 10.4. The van der Waals surface area contributed by atoms with Crippen LogP contribution in [0.3, 0.4) is 0 Å². The van der Waals surface area contributed by atoms with Crippen LogP contribution in [-0.2, 0) is 12.8 Å². The molecular weight excluding hydrogens is 220 g/mol. The lowest BCUT2D eigenvalue weighted by molar-refractivity contribution is 0.316. The molecule has 0 amide bonds. The number of rotatable bonds is 0. The van der Waals surface area contributed by atoms with E-state index in [2.05, 4.69) is 12.1 Å².